The normalized spacial score (nSPS) is 10.1. The van der Waals surface area contributed by atoms with E-state index in [-0.39, 0.29) is 6.79 Å². The van der Waals surface area contributed by atoms with Crippen LogP contribution in [0.4, 0.5) is 0 Å². The van der Waals surface area contributed by atoms with Crippen LogP contribution in [-0.2, 0) is 4.74 Å². The third-order valence-corrected chi connectivity index (χ3v) is 2.80. The van der Waals surface area contributed by atoms with Gasteiger partial charge in [0.05, 0.1) is 6.61 Å². The lowest BCUT2D eigenvalue weighted by atomic mass is 10.2. The van der Waals surface area contributed by atoms with Gasteiger partial charge >= 0.3 is 0 Å². The minimum atomic E-state index is 0.0973. The molecule has 0 aliphatic carbocycles. The van der Waals surface area contributed by atoms with Gasteiger partial charge in [0, 0.05) is 12.7 Å². The summed E-state index contributed by atoms with van der Waals surface area (Å²) < 4.78 is 21.5. The predicted octanol–water partition coefficient (Wildman–Crippen LogP) is 3.67. The number of benzene rings is 2. The zero-order valence-corrected chi connectivity index (χ0v) is 12.6. The maximum Gasteiger partial charge on any atom is 0.188 e. The van der Waals surface area contributed by atoms with Crippen molar-refractivity contribution in [1.82, 2.24) is 0 Å². The molecule has 0 amide bonds. The Morgan fingerprint density at radius 1 is 0.955 bits per heavy atom. The molecule has 0 unspecified atom stereocenters. The summed E-state index contributed by atoms with van der Waals surface area (Å²) in [7, 11) is 1.53. The summed E-state index contributed by atoms with van der Waals surface area (Å²) in [5, 5.41) is 0. The fourth-order valence-corrected chi connectivity index (χ4v) is 1.82. The monoisotopic (exact) mass is 302 g/mol. The first-order valence-corrected chi connectivity index (χ1v) is 6.88. The van der Waals surface area contributed by atoms with Crippen molar-refractivity contribution in [3.63, 3.8) is 0 Å². The number of ether oxygens (including phenoxy) is 4. The van der Waals surface area contributed by atoms with Crippen LogP contribution in [0.5, 0.6) is 23.0 Å². The van der Waals surface area contributed by atoms with E-state index in [1.807, 2.05) is 19.1 Å². The molecule has 0 fully saturated rings. The topological polar surface area (TPSA) is 54.0 Å². The highest BCUT2D eigenvalue weighted by molar-refractivity contribution is 5.76. The number of methoxy groups -OCH3 is 1. The van der Waals surface area contributed by atoms with Crippen LogP contribution in [0.15, 0.2) is 42.5 Å². The van der Waals surface area contributed by atoms with Gasteiger partial charge in [-0.2, -0.15) is 0 Å². The Morgan fingerprint density at radius 3 is 2.32 bits per heavy atom. The van der Waals surface area contributed by atoms with E-state index >= 15 is 0 Å². The predicted molar refractivity (Wildman–Crippen MR) is 82.0 cm³/mol. The highest BCUT2D eigenvalue weighted by Gasteiger charge is 2.08. The molecule has 116 valence electrons. The number of carbonyl (C=O) groups is 1. The molecule has 0 aromatic heterocycles. The molecule has 0 aliphatic heterocycles. The minimum absolute atomic E-state index is 0.0973. The van der Waals surface area contributed by atoms with Gasteiger partial charge in [-0.3, -0.25) is 4.79 Å². The van der Waals surface area contributed by atoms with E-state index in [1.54, 1.807) is 30.3 Å². The molecule has 5 nitrogen and oxygen atoms in total. The van der Waals surface area contributed by atoms with Crippen LogP contribution in [0.2, 0.25) is 0 Å². The summed E-state index contributed by atoms with van der Waals surface area (Å²) >= 11 is 0. The van der Waals surface area contributed by atoms with Crippen molar-refractivity contribution in [2.45, 2.75) is 6.92 Å². The summed E-state index contributed by atoms with van der Waals surface area (Å²) in [4.78, 5) is 10.9. The summed E-state index contributed by atoms with van der Waals surface area (Å²) in [6.07, 6.45) is 0.755. The van der Waals surface area contributed by atoms with Gasteiger partial charge in [-0.1, -0.05) is 0 Å². The van der Waals surface area contributed by atoms with E-state index in [0.717, 1.165) is 12.0 Å². The Balaban J connectivity index is 2.20. The lowest BCUT2D eigenvalue weighted by molar-refractivity contribution is 0.0495. The number of carbonyl (C=O) groups excluding carboxylic acids is 1. The number of rotatable bonds is 8. The molecule has 0 bridgehead atoms. The Morgan fingerprint density at radius 2 is 1.68 bits per heavy atom. The SMILES string of the molecule is CCOc1ccc(Oc2cc(C=O)ccc2OCOC)cc1. The third-order valence-electron chi connectivity index (χ3n) is 2.80. The Hall–Kier alpha value is -2.53. The highest BCUT2D eigenvalue weighted by atomic mass is 16.7. The van der Waals surface area contributed by atoms with Crippen LogP contribution in [-0.4, -0.2) is 26.8 Å². The molecule has 0 saturated heterocycles. The quantitative estimate of drug-likeness (QED) is 0.550. The van der Waals surface area contributed by atoms with Crippen molar-refractivity contribution >= 4 is 6.29 Å². The van der Waals surface area contributed by atoms with Crippen molar-refractivity contribution in [2.24, 2.45) is 0 Å². The molecule has 0 radical (unpaired) electrons. The Bertz CT molecular complexity index is 607. The van der Waals surface area contributed by atoms with E-state index in [9.17, 15) is 4.79 Å². The van der Waals surface area contributed by atoms with Gasteiger partial charge in [-0.15, -0.1) is 0 Å². The maximum atomic E-state index is 10.9. The second-order valence-corrected chi connectivity index (χ2v) is 4.38. The van der Waals surface area contributed by atoms with E-state index in [4.69, 9.17) is 18.9 Å². The van der Waals surface area contributed by atoms with E-state index in [0.29, 0.717) is 29.4 Å². The summed E-state index contributed by atoms with van der Waals surface area (Å²) in [6.45, 7) is 2.63. The van der Waals surface area contributed by atoms with E-state index in [1.165, 1.54) is 7.11 Å². The standard InChI is InChI=1S/C17H18O5/c1-3-20-14-5-7-15(8-6-14)22-17-10-13(11-18)4-9-16(17)21-12-19-2/h4-11H,3,12H2,1-2H3. The van der Waals surface area contributed by atoms with Gasteiger partial charge in [-0.05, 0) is 49.4 Å². The summed E-state index contributed by atoms with van der Waals surface area (Å²) in [5.74, 6) is 2.34. The van der Waals surface area contributed by atoms with Crippen molar-refractivity contribution < 1.29 is 23.7 Å². The van der Waals surface area contributed by atoms with E-state index < -0.39 is 0 Å². The fourth-order valence-electron chi connectivity index (χ4n) is 1.82. The molecule has 0 heterocycles. The van der Waals surface area contributed by atoms with Gasteiger partial charge in [0.15, 0.2) is 18.3 Å². The van der Waals surface area contributed by atoms with Gasteiger partial charge in [0.25, 0.3) is 0 Å². The van der Waals surface area contributed by atoms with Crippen LogP contribution in [0, 0.1) is 0 Å². The van der Waals surface area contributed by atoms with Crippen LogP contribution < -0.4 is 14.2 Å². The first-order valence-electron chi connectivity index (χ1n) is 6.88. The molecular weight excluding hydrogens is 284 g/mol. The molecule has 0 spiro atoms. The number of hydrogen-bond donors (Lipinski definition) is 0. The largest absolute Gasteiger partial charge is 0.494 e. The number of aldehydes is 1. The molecule has 5 heteroatoms. The molecule has 2 rings (SSSR count). The van der Waals surface area contributed by atoms with Gasteiger partial charge in [0.2, 0.25) is 0 Å². The van der Waals surface area contributed by atoms with Gasteiger partial charge in [-0.25, -0.2) is 0 Å². The smallest absolute Gasteiger partial charge is 0.188 e. The average molecular weight is 302 g/mol. The molecule has 0 saturated carbocycles. The van der Waals surface area contributed by atoms with Crippen molar-refractivity contribution in [3.8, 4) is 23.0 Å². The summed E-state index contributed by atoms with van der Waals surface area (Å²) in [6, 6.07) is 12.2. The van der Waals surface area contributed by atoms with Gasteiger partial charge < -0.3 is 18.9 Å². The second kappa shape index (κ2) is 8.05. The molecule has 2 aromatic carbocycles. The summed E-state index contributed by atoms with van der Waals surface area (Å²) in [5.41, 5.74) is 0.505. The molecule has 0 atom stereocenters. The third kappa shape index (κ3) is 4.23. The molecule has 22 heavy (non-hydrogen) atoms. The lowest BCUT2D eigenvalue weighted by Gasteiger charge is -2.13. The molecule has 0 N–H and O–H groups in total. The zero-order chi connectivity index (χ0) is 15.8. The maximum absolute atomic E-state index is 10.9. The van der Waals surface area contributed by atoms with Crippen molar-refractivity contribution in [2.75, 3.05) is 20.5 Å². The number of hydrogen-bond acceptors (Lipinski definition) is 5. The van der Waals surface area contributed by atoms with Crippen LogP contribution in [0.1, 0.15) is 17.3 Å². The Labute approximate surface area is 129 Å². The lowest BCUT2D eigenvalue weighted by Crippen LogP contribution is -2.01. The second-order valence-electron chi connectivity index (χ2n) is 4.38. The fraction of sp³-hybridized carbons (Fsp3) is 0.235. The minimum Gasteiger partial charge on any atom is -0.494 e. The van der Waals surface area contributed by atoms with Crippen molar-refractivity contribution in [3.05, 3.63) is 48.0 Å². The van der Waals surface area contributed by atoms with Crippen LogP contribution >= 0.6 is 0 Å². The average Bonchev–Trinajstić information content (AvgIpc) is 2.55. The highest BCUT2D eigenvalue weighted by Crippen LogP contribution is 2.33. The zero-order valence-electron chi connectivity index (χ0n) is 12.6. The Kier molecular flexibility index (Phi) is 5.80. The first kappa shape index (κ1) is 15.9. The first-order chi connectivity index (χ1) is 10.8. The van der Waals surface area contributed by atoms with E-state index in [2.05, 4.69) is 0 Å². The molecule has 2 aromatic rings. The van der Waals surface area contributed by atoms with Crippen LogP contribution in [0.3, 0.4) is 0 Å². The van der Waals surface area contributed by atoms with Gasteiger partial charge in [0.1, 0.15) is 17.8 Å². The van der Waals surface area contributed by atoms with Crippen LogP contribution in [0.25, 0.3) is 0 Å². The molecule has 0 aliphatic rings. The molecular formula is C17H18O5. The van der Waals surface area contributed by atoms with Crippen molar-refractivity contribution in [1.29, 1.82) is 0 Å².